The maximum Gasteiger partial charge on any atom is 0.168 e. The minimum absolute atomic E-state index is 0.101. The van der Waals surface area contributed by atoms with Gasteiger partial charge in [-0.25, -0.2) is 0 Å². The van der Waals surface area contributed by atoms with Gasteiger partial charge in [0.05, 0.1) is 5.02 Å². The van der Waals surface area contributed by atoms with Gasteiger partial charge in [-0.05, 0) is 25.5 Å². The van der Waals surface area contributed by atoms with E-state index < -0.39 is 0 Å². The molecular weight excluding hydrogens is 220 g/mol. The van der Waals surface area contributed by atoms with E-state index in [2.05, 4.69) is 12.2 Å². The van der Waals surface area contributed by atoms with Crippen molar-refractivity contribution < 1.29 is 4.79 Å². The van der Waals surface area contributed by atoms with Crippen molar-refractivity contribution in [3.05, 3.63) is 58.1 Å². The normalized spacial score (nSPS) is 14.6. The summed E-state index contributed by atoms with van der Waals surface area (Å²) in [6, 6.07) is 7.21. The Morgan fingerprint density at radius 2 is 2.12 bits per heavy atom. The van der Waals surface area contributed by atoms with E-state index in [1.165, 1.54) is 11.1 Å². The number of Topliss-reactive ketones (excluding diaryl/α,β-unsaturated/α-hetero) is 1. The summed E-state index contributed by atoms with van der Waals surface area (Å²) in [7, 11) is 0. The number of hydrogen-bond donors (Lipinski definition) is 0. The SMILES string of the molecule is CC1=C(CC(=O)c2ccccc2Cl)CC=C1. The summed E-state index contributed by atoms with van der Waals surface area (Å²) in [5.74, 6) is 0.101. The lowest BCUT2D eigenvalue weighted by atomic mass is 10.0. The van der Waals surface area contributed by atoms with Gasteiger partial charge in [0.2, 0.25) is 0 Å². The molecule has 0 heterocycles. The number of benzene rings is 1. The van der Waals surface area contributed by atoms with Gasteiger partial charge in [-0.15, -0.1) is 0 Å². The Morgan fingerprint density at radius 3 is 2.75 bits per heavy atom. The van der Waals surface area contributed by atoms with Crippen LogP contribution in [-0.4, -0.2) is 5.78 Å². The summed E-state index contributed by atoms with van der Waals surface area (Å²) in [5, 5.41) is 0.539. The molecule has 0 fully saturated rings. The lowest BCUT2D eigenvalue weighted by Crippen LogP contribution is -2.01. The Bertz CT molecular complexity index is 483. The molecule has 0 amide bonds. The van der Waals surface area contributed by atoms with Crippen LogP contribution in [0.2, 0.25) is 5.02 Å². The first kappa shape index (κ1) is 11.2. The van der Waals surface area contributed by atoms with Gasteiger partial charge in [-0.3, -0.25) is 4.79 Å². The van der Waals surface area contributed by atoms with Gasteiger partial charge in [0, 0.05) is 12.0 Å². The molecule has 82 valence electrons. The van der Waals surface area contributed by atoms with Crippen molar-refractivity contribution >= 4 is 17.4 Å². The van der Waals surface area contributed by atoms with E-state index in [9.17, 15) is 4.79 Å². The highest BCUT2D eigenvalue weighted by Crippen LogP contribution is 2.25. The number of rotatable bonds is 3. The number of carbonyl (C=O) groups excluding carboxylic acids is 1. The topological polar surface area (TPSA) is 17.1 Å². The molecular formula is C14H13ClO. The molecule has 0 saturated heterocycles. The predicted octanol–water partition coefficient (Wildman–Crippen LogP) is 4.19. The second kappa shape index (κ2) is 4.67. The molecule has 0 radical (unpaired) electrons. The van der Waals surface area contributed by atoms with Crippen molar-refractivity contribution in [3.8, 4) is 0 Å². The zero-order chi connectivity index (χ0) is 11.5. The fourth-order valence-corrected chi connectivity index (χ4v) is 2.09. The van der Waals surface area contributed by atoms with Gasteiger partial charge < -0.3 is 0 Å². The molecule has 0 aromatic heterocycles. The first-order valence-electron chi connectivity index (χ1n) is 5.31. The van der Waals surface area contributed by atoms with Crippen molar-refractivity contribution in [1.82, 2.24) is 0 Å². The molecule has 0 aliphatic heterocycles. The van der Waals surface area contributed by atoms with Crippen LogP contribution in [0, 0.1) is 0 Å². The second-order valence-corrected chi connectivity index (χ2v) is 4.38. The molecule has 0 bridgehead atoms. The summed E-state index contributed by atoms with van der Waals surface area (Å²) in [4.78, 5) is 12.0. The maximum atomic E-state index is 12.0. The van der Waals surface area contributed by atoms with E-state index in [1.54, 1.807) is 12.1 Å². The van der Waals surface area contributed by atoms with Crippen LogP contribution in [0.15, 0.2) is 47.6 Å². The monoisotopic (exact) mass is 232 g/mol. The van der Waals surface area contributed by atoms with Crippen molar-refractivity contribution in [2.75, 3.05) is 0 Å². The van der Waals surface area contributed by atoms with Crippen LogP contribution in [0.1, 0.15) is 30.1 Å². The molecule has 2 rings (SSSR count). The third-order valence-electron chi connectivity index (χ3n) is 2.84. The van der Waals surface area contributed by atoms with Crippen molar-refractivity contribution in [2.45, 2.75) is 19.8 Å². The first-order valence-corrected chi connectivity index (χ1v) is 5.69. The Kier molecular flexibility index (Phi) is 3.25. The van der Waals surface area contributed by atoms with Gasteiger partial charge >= 0.3 is 0 Å². The van der Waals surface area contributed by atoms with Gasteiger partial charge in [0.1, 0.15) is 0 Å². The van der Waals surface area contributed by atoms with Gasteiger partial charge in [-0.1, -0.05) is 47.0 Å². The largest absolute Gasteiger partial charge is 0.294 e. The van der Waals surface area contributed by atoms with Crippen LogP contribution < -0.4 is 0 Å². The molecule has 2 heteroatoms. The first-order chi connectivity index (χ1) is 7.68. The summed E-state index contributed by atoms with van der Waals surface area (Å²) in [6.07, 6.45) is 5.52. The Hall–Kier alpha value is -1.34. The molecule has 1 aliphatic rings. The van der Waals surface area contributed by atoms with Crippen molar-refractivity contribution in [2.24, 2.45) is 0 Å². The zero-order valence-corrected chi connectivity index (χ0v) is 9.92. The van der Waals surface area contributed by atoms with Crippen LogP contribution in [-0.2, 0) is 0 Å². The average Bonchev–Trinajstić information content (AvgIpc) is 2.65. The van der Waals surface area contributed by atoms with Crippen LogP contribution >= 0.6 is 11.6 Å². The third-order valence-corrected chi connectivity index (χ3v) is 3.17. The third kappa shape index (κ3) is 2.25. The number of carbonyl (C=O) groups is 1. The van der Waals surface area contributed by atoms with Crippen LogP contribution in [0.3, 0.4) is 0 Å². The van der Waals surface area contributed by atoms with E-state index in [4.69, 9.17) is 11.6 Å². The lowest BCUT2D eigenvalue weighted by molar-refractivity contribution is 0.0992. The quantitative estimate of drug-likeness (QED) is 0.715. The van der Waals surface area contributed by atoms with Gasteiger partial charge in [0.15, 0.2) is 5.78 Å². The maximum absolute atomic E-state index is 12.0. The van der Waals surface area contributed by atoms with Crippen molar-refractivity contribution in [1.29, 1.82) is 0 Å². The summed E-state index contributed by atoms with van der Waals surface area (Å²) in [6.45, 7) is 2.04. The number of hydrogen-bond acceptors (Lipinski definition) is 1. The summed E-state index contributed by atoms with van der Waals surface area (Å²) in [5.41, 5.74) is 3.03. The fourth-order valence-electron chi connectivity index (χ4n) is 1.84. The molecule has 0 N–H and O–H groups in total. The summed E-state index contributed by atoms with van der Waals surface area (Å²) >= 11 is 5.99. The molecule has 16 heavy (non-hydrogen) atoms. The van der Waals surface area contributed by atoms with Gasteiger partial charge in [-0.2, -0.15) is 0 Å². The zero-order valence-electron chi connectivity index (χ0n) is 9.16. The second-order valence-electron chi connectivity index (χ2n) is 3.97. The van der Waals surface area contributed by atoms with Crippen LogP contribution in [0.4, 0.5) is 0 Å². The Labute approximate surface area is 100 Å². The molecule has 1 aromatic carbocycles. The summed E-state index contributed by atoms with van der Waals surface area (Å²) < 4.78 is 0. The molecule has 0 atom stereocenters. The van der Waals surface area contributed by atoms with Crippen molar-refractivity contribution in [3.63, 3.8) is 0 Å². The minimum Gasteiger partial charge on any atom is -0.294 e. The molecule has 0 spiro atoms. The van der Waals surface area contributed by atoms with Crippen LogP contribution in [0.25, 0.3) is 0 Å². The molecule has 1 aromatic rings. The highest BCUT2D eigenvalue weighted by molar-refractivity contribution is 6.34. The van der Waals surface area contributed by atoms with Gasteiger partial charge in [0.25, 0.3) is 0 Å². The molecule has 0 saturated carbocycles. The van der Waals surface area contributed by atoms with E-state index in [0.29, 0.717) is 17.0 Å². The van der Waals surface area contributed by atoms with Crippen LogP contribution in [0.5, 0.6) is 0 Å². The van der Waals surface area contributed by atoms with E-state index in [0.717, 1.165) is 6.42 Å². The fraction of sp³-hybridized carbons (Fsp3) is 0.214. The highest BCUT2D eigenvalue weighted by atomic mass is 35.5. The Morgan fingerprint density at radius 1 is 1.38 bits per heavy atom. The predicted molar refractivity (Wildman–Crippen MR) is 66.9 cm³/mol. The minimum atomic E-state index is 0.101. The number of ketones is 1. The number of halogens is 1. The number of allylic oxidation sites excluding steroid dienone is 4. The highest BCUT2D eigenvalue weighted by Gasteiger charge is 2.14. The molecule has 1 nitrogen and oxygen atoms in total. The molecule has 1 aliphatic carbocycles. The lowest BCUT2D eigenvalue weighted by Gasteiger charge is -2.05. The smallest absolute Gasteiger partial charge is 0.168 e. The average molecular weight is 233 g/mol. The molecule has 0 unspecified atom stereocenters. The Balaban J connectivity index is 2.16. The van der Waals surface area contributed by atoms with E-state index in [1.807, 2.05) is 19.1 Å². The van der Waals surface area contributed by atoms with E-state index in [-0.39, 0.29) is 5.78 Å². The van der Waals surface area contributed by atoms with E-state index >= 15 is 0 Å². The standard InChI is InChI=1S/C14H13ClO/c1-10-5-4-6-11(10)9-14(16)12-7-2-3-8-13(12)15/h2-5,7-8H,6,9H2,1H3.